The third-order valence-electron chi connectivity index (χ3n) is 8.73. The smallest absolute Gasteiger partial charge is 0.243 e. The molecule has 0 spiro atoms. The highest BCUT2D eigenvalue weighted by Crippen LogP contribution is 2.35. The van der Waals surface area contributed by atoms with E-state index in [1.807, 2.05) is 11.8 Å². The van der Waals surface area contributed by atoms with Gasteiger partial charge in [0.2, 0.25) is 21.8 Å². The quantitative estimate of drug-likeness (QED) is 0.615. The Kier molecular flexibility index (Phi) is 7.43. The molecule has 1 unspecified atom stereocenters. The van der Waals surface area contributed by atoms with Gasteiger partial charge in [-0.25, -0.2) is 8.42 Å². The molecule has 0 bridgehead atoms. The Morgan fingerprint density at radius 1 is 0.889 bits per heavy atom. The van der Waals surface area contributed by atoms with Gasteiger partial charge in [-0.05, 0) is 88.7 Å². The first-order valence-corrected chi connectivity index (χ1v) is 15.2. The predicted molar refractivity (Wildman–Crippen MR) is 139 cm³/mol. The summed E-state index contributed by atoms with van der Waals surface area (Å²) in [4.78, 5) is 31.9. The molecule has 4 heterocycles. The number of fused-ring (bicyclic) bond motifs is 1. The molecule has 4 aliphatic heterocycles. The molecule has 2 amide bonds. The average molecular weight is 517 g/mol. The number of anilines is 1. The van der Waals surface area contributed by atoms with Crippen LogP contribution in [-0.4, -0.2) is 85.7 Å². The van der Waals surface area contributed by atoms with Gasteiger partial charge in [-0.2, -0.15) is 4.31 Å². The molecule has 9 heteroatoms. The lowest BCUT2D eigenvalue weighted by molar-refractivity contribution is -0.138. The third-order valence-corrected chi connectivity index (χ3v) is 10.6. The average Bonchev–Trinajstić information content (AvgIpc) is 3.24. The minimum Gasteiger partial charge on any atom is -0.342 e. The van der Waals surface area contributed by atoms with Crippen molar-refractivity contribution in [2.45, 2.75) is 82.2 Å². The second-order valence-electron chi connectivity index (χ2n) is 11.1. The van der Waals surface area contributed by atoms with Gasteiger partial charge in [-0.1, -0.05) is 6.42 Å². The minimum atomic E-state index is -3.63. The number of benzene rings is 1. The number of hydrogen-bond acceptors (Lipinski definition) is 5. The summed E-state index contributed by atoms with van der Waals surface area (Å²) in [7, 11) is -3.63. The van der Waals surface area contributed by atoms with E-state index in [4.69, 9.17) is 0 Å². The van der Waals surface area contributed by atoms with Crippen LogP contribution in [0.1, 0.15) is 64.4 Å². The van der Waals surface area contributed by atoms with E-state index in [0.29, 0.717) is 38.4 Å². The van der Waals surface area contributed by atoms with Gasteiger partial charge in [0.25, 0.3) is 0 Å². The molecule has 0 radical (unpaired) electrons. The zero-order valence-electron chi connectivity index (χ0n) is 21.7. The van der Waals surface area contributed by atoms with Crippen molar-refractivity contribution in [2.24, 2.45) is 5.92 Å². The van der Waals surface area contributed by atoms with Crippen molar-refractivity contribution >= 4 is 27.5 Å². The molecular formula is C27H40N4O4S. The molecule has 0 N–H and O–H groups in total. The lowest BCUT2D eigenvalue weighted by Gasteiger charge is -2.41. The standard InChI is InChI=1S/C27H40N4O4S/c1-20-18-23-19-25(6-7-26(23)31(20)21(2)32)36(34,35)30-16-8-22(9-17-30)27(33)29-14-10-24(11-15-29)28-12-4-3-5-13-28/h6-7,19-20,22,24H,3-5,8-18H2,1-2H3. The zero-order chi connectivity index (χ0) is 25.4. The lowest BCUT2D eigenvalue weighted by Crippen LogP contribution is -2.50. The van der Waals surface area contributed by atoms with Crippen LogP contribution in [0, 0.1) is 5.92 Å². The first-order valence-electron chi connectivity index (χ1n) is 13.7. The number of sulfonamides is 1. The number of nitrogens with zero attached hydrogens (tertiary/aromatic N) is 4. The molecule has 4 aliphatic rings. The third kappa shape index (κ3) is 4.94. The van der Waals surface area contributed by atoms with E-state index in [0.717, 1.165) is 37.2 Å². The maximum atomic E-state index is 13.4. The van der Waals surface area contributed by atoms with Crippen molar-refractivity contribution in [3.05, 3.63) is 23.8 Å². The molecular weight excluding hydrogens is 476 g/mol. The Bertz CT molecular complexity index is 1080. The Labute approximate surface area is 215 Å². The summed E-state index contributed by atoms with van der Waals surface area (Å²) in [5.41, 5.74) is 1.71. The van der Waals surface area contributed by atoms with Crippen LogP contribution in [0.3, 0.4) is 0 Å². The number of likely N-dealkylation sites (tertiary alicyclic amines) is 2. The van der Waals surface area contributed by atoms with E-state index in [1.54, 1.807) is 30.0 Å². The number of carbonyl (C=O) groups is 2. The molecule has 5 rings (SSSR count). The molecule has 8 nitrogen and oxygen atoms in total. The maximum Gasteiger partial charge on any atom is 0.243 e. The van der Waals surface area contributed by atoms with E-state index < -0.39 is 10.0 Å². The van der Waals surface area contributed by atoms with Gasteiger partial charge in [0, 0.05) is 56.8 Å². The highest BCUT2D eigenvalue weighted by atomic mass is 32.2. The van der Waals surface area contributed by atoms with Crippen molar-refractivity contribution in [3.63, 3.8) is 0 Å². The lowest BCUT2D eigenvalue weighted by atomic mass is 9.94. The summed E-state index contributed by atoms with van der Waals surface area (Å²) >= 11 is 0. The van der Waals surface area contributed by atoms with Crippen molar-refractivity contribution < 1.29 is 18.0 Å². The van der Waals surface area contributed by atoms with Gasteiger partial charge >= 0.3 is 0 Å². The SMILES string of the molecule is CC(=O)N1c2ccc(S(=O)(=O)N3CCC(C(=O)N4CCC(N5CCCCC5)CC4)CC3)cc2CC1C. The molecule has 3 saturated heterocycles. The Hall–Kier alpha value is -1.97. The van der Waals surface area contributed by atoms with Crippen molar-refractivity contribution in [2.75, 3.05) is 44.2 Å². The second kappa shape index (κ2) is 10.4. The number of hydrogen-bond donors (Lipinski definition) is 0. The van der Waals surface area contributed by atoms with E-state index in [9.17, 15) is 18.0 Å². The van der Waals surface area contributed by atoms with Crippen LogP contribution < -0.4 is 4.90 Å². The van der Waals surface area contributed by atoms with Crippen LogP contribution >= 0.6 is 0 Å². The molecule has 36 heavy (non-hydrogen) atoms. The Morgan fingerprint density at radius 2 is 1.56 bits per heavy atom. The van der Waals surface area contributed by atoms with Gasteiger partial charge < -0.3 is 14.7 Å². The van der Waals surface area contributed by atoms with Crippen molar-refractivity contribution in [1.29, 1.82) is 0 Å². The normalized spacial score (nSPS) is 25.2. The molecule has 198 valence electrons. The summed E-state index contributed by atoms with van der Waals surface area (Å²) in [6.07, 6.45) is 7.84. The first kappa shape index (κ1) is 25.7. The molecule has 1 atom stereocenters. The summed E-state index contributed by atoms with van der Waals surface area (Å²) in [6, 6.07) is 5.75. The second-order valence-corrected chi connectivity index (χ2v) is 13.0. The van der Waals surface area contributed by atoms with Gasteiger partial charge in [-0.3, -0.25) is 9.59 Å². The van der Waals surface area contributed by atoms with E-state index in [2.05, 4.69) is 4.90 Å². The zero-order valence-corrected chi connectivity index (χ0v) is 22.5. The van der Waals surface area contributed by atoms with Crippen LogP contribution in [0.4, 0.5) is 5.69 Å². The first-order chi connectivity index (χ1) is 17.3. The van der Waals surface area contributed by atoms with Gasteiger partial charge in [-0.15, -0.1) is 0 Å². The molecule has 3 fully saturated rings. The fourth-order valence-electron chi connectivity index (χ4n) is 6.73. The minimum absolute atomic E-state index is 0.0284. The summed E-state index contributed by atoms with van der Waals surface area (Å²) < 4.78 is 28.3. The summed E-state index contributed by atoms with van der Waals surface area (Å²) in [5.74, 6) is 0.0901. The highest BCUT2D eigenvalue weighted by Gasteiger charge is 2.37. The molecule has 1 aromatic carbocycles. The van der Waals surface area contributed by atoms with Crippen LogP contribution in [0.5, 0.6) is 0 Å². The van der Waals surface area contributed by atoms with E-state index in [1.165, 1.54) is 36.7 Å². The summed E-state index contributed by atoms with van der Waals surface area (Å²) in [6.45, 7) is 8.30. The van der Waals surface area contributed by atoms with Crippen LogP contribution in [-0.2, 0) is 26.0 Å². The molecule has 0 aromatic heterocycles. The van der Waals surface area contributed by atoms with Gasteiger partial charge in [0.15, 0.2) is 0 Å². The molecule has 0 saturated carbocycles. The number of amides is 2. The number of rotatable bonds is 4. The van der Waals surface area contributed by atoms with Crippen LogP contribution in [0.15, 0.2) is 23.1 Å². The fraction of sp³-hybridized carbons (Fsp3) is 0.704. The maximum absolute atomic E-state index is 13.4. The van der Waals surface area contributed by atoms with Gasteiger partial charge in [0.1, 0.15) is 0 Å². The van der Waals surface area contributed by atoms with E-state index >= 15 is 0 Å². The largest absolute Gasteiger partial charge is 0.342 e. The summed E-state index contributed by atoms with van der Waals surface area (Å²) in [5, 5.41) is 0. The predicted octanol–water partition coefficient (Wildman–Crippen LogP) is 2.86. The van der Waals surface area contributed by atoms with Crippen LogP contribution in [0.2, 0.25) is 0 Å². The van der Waals surface area contributed by atoms with Gasteiger partial charge in [0.05, 0.1) is 4.90 Å². The Balaban J connectivity index is 1.16. The van der Waals surface area contributed by atoms with Crippen molar-refractivity contribution in [1.82, 2.24) is 14.1 Å². The topological polar surface area (TPSA) is 81.2 Å². The number of carbonyl (C=O) groups excluding carboxylic acids is 2. The van der Waals surface area contributed by atoms with Crippen LogP contribution in [0.25, 0.3) is 0 Å². The number of piperidine rings is 3. The molecule has 1 aromatic rings. The van der Waals surface area contributed by atoms with Crippen molar-refractivity contribution in [3.8, 4) is 0 Å². The Morgan fingerprint density at radius 3 is 2.19 bits per heavy atom. The molecule has 0 aliphatic carbocycles. The monoisotopic (exact) mass is 516 g/mol. The van der Waals surface area contributed by atoms with E-state index in [-0.39, 0.29) is 28.7 Å². The highest BCUT2D eigenvalue weighted by molar-refractivity contribution is 7.89. The fourth-order valence-corrected chi connectivity index (χ4v) is 8.25.